The Morgan fingerprint density at radius 3 is 2.82 bits per heavy atom. The lowest BCUT2D eigenvalue weighted by Crippen LogP contribution is -1.97. The van der Waals surface area contributed by atoms with E-state index in [-0.39, 0.29) is 11.5 Å². The number of nitro groups is 1. The van der Waals surface area contributed by atoms with Gasteiger partial charge in [-0.05, 0) is 18.9 Å². The maximum Gasteiger partial charge on any atom is 0.271 e. The van der Waals surface area contributed by atoms with Crippen LogP contribution in [-0.2, 0) is 4.79 Å². The maximum absolute atomic E-state index is 11.4. The number of nitrogens with zero attached hydrogens (tertiary/aromatic N) is 1. The molecule has 5 heteroatoms. The lowest BCUT2D eigenvalue weighted by atomic mass is 10.2. The lowest BCUT2D eigenvalue weighted by molar-refractivity contribution is -0.384. The first kappa shape index (κ1) is 11.3. The number of rotatable bonds is 3. The van der Waals surface area contributed by atoms with Crippen molar-refractivity contribution >= 4 is 17.2 Å². The molecular weight excluding hydrogens is 220 g/mol. The number of allylic oxidation sites excluding steroid dienone is 1. The predicted molar refractivity (Wildman–Crippen MR) is 63.7 cm³/mol. The van der Waals surface area contributed by atoms with Gasteiger partial charge in [-0.2, -0.15) is 0 Å². The molecule has 1 aliphatic rings. The molecule has 1 N–H and O–H groups in total. The zero-order chi connectivity index (χ0) is 12.3. The van der Waals surface area contributed by atoms with E-state index in [1.165, 1.54) is 12.1 Å². The second kappa shape index (κ2) is 4.78. The first-order chi connectivity index (χ1) is 8.16. The van der Waals surface area contributed by atoms with Crippen LogP contribution < -0.4 is 5.32 Å². The third-order valence-electron chi connectivity index (χ3n) is 2.68. The Morgan fingerprint density at radius 1 is 1.35 bits per heavy atom. The minimum absolute atomic E-state index is 0.0335. The van der Waals surface area contributed by atoms with Gasteiger partial charge in [0.1, 0.15) is 0 Å². The SMILES string of the molecule is O=C1CCCC1=CNc1cccc([N+](=O)[O-])c1. The third kappa shape index (κ3) is 2.69. The van der Waals surface area contributed by atoms with E-state index in [1.807, 2.05) is 0 Å². The summed E-state index contributed by atoms with van der Waals surface area (Å²) in [4.78, 5) is 21.5. The molecule has 1 fully saturated rings. The standard InChI is InChI=1S/C12H12N2O3/c15-12-6-1-3-9(12)8-13-10-4-2-5-11(7-10)14(16)17/h2,4-5,7-8,13H,1,3,6H2. The van der Waals surface area contributed by atoms with Gasteiger partial charge in [0.25, 0.3) is 5.69 Å². The van der Waals surface area contributed by atoms with Gasteiger partial charge in [-0.3, -0.25) is 14.9 Å². The van der Waals surface area contributed by atoms with Crippen molar-refractivity contribution in [3.8, 4) is 0 Å². The number of nitrogens with one attached hydrogen (secondary N) is 1. The molecule has 1 aliphatic carbocycles. The normalized spacial score (nSPS) is 17.4. The van der Waals surface area contributed by atoms with Crippen molar-refractivity contribution in [1.29, 1.82) is 0 Å². The Kier molecular flexibility index (Phi) is 3.18. The molecule has 0 spiro atoms. The highest BCUT2D eigenvalue weighted by Gasteiger charge is 2.16. The molecule has 17 heavy (non-hydrogen) atoms. The molecule has 88 valence electrons. The van der Waals surface area contributed by atoms with Crippen LogP contribution in [0.3, 0.4) is 0 Å². The van der Waals surface area contributed by atoms with Gasteiger partial charge in [-0.1, -0.05) is 6.07 Å². The fourth-order valence-electron chi connectivity index (χ4n) is 1.77. The van der Waals surface area contributed by atoms with E-state index in [4.69, 9.17) is 0 Å². The van der Waals surface area contributed by atoms with Crippen molar-refractivity contribution in [3.63, 3.8) is 0 Å². The third-order valence-corrected chi connectivity index (χ3v) is 2.68. The molecule has 5 nitrogen and oxygen atoms in total. The van der Waals surface area contributed by atoms with Gasteiger partial charge < -0.3 is 5.32 Å². The Hall–Kier alpha value is -2.17. The zero-order valence-electron chi connectivity index (χ0n) is 9.18. The molecule has 1 aromatic carbocycles. The minimum atomic E-state index is -0.445. The van der Waals surface area contributed by atoms with Gasteiger partial charge in [0.15, 0.2) is 5.78 Å². The largest absolute Gasteiger partial charge is 0.361 e. The molecule has 0 atom stereocenters. The van der Waals surface area contributed by atoms with Crippen LogP contribution in [0.25, 0.3) is 0 Å². The number of carbonyl (C=O) groups excluding carboxylic acids is 1. The van der Waals surface area contributed by atoms with Crippen molar-refractivity contribution in [3.05, 3.63) is 46.2 Å². The average Bonchev–Trinajstić information content (AvgIpc) is 2.72. The molecule has 0 heterocycles. The highest BCUT2D eigenvalue weighted by atomic mass is 16.6. The molecular formula is C12H12N2O3. The van der Waals surface area contributed by atoms with Crippen molar-refractivity contribution in [2.75, 3.05) is 5.32 Å². The van der Waals surface area contributed by atoms with Crippen LogP contribution in [0.1, 0.15) is 19.3 Å². The fraction of sp³-hybridized carbons (Fsp3) is 0.250. The topological polar surface area (TPSA) is 72.2 Å². The van der Waals surface area contributed by atoms with E-state index in [2.05, 4.69) is 5.32 Å². The maximum atomic E-state index is 11.4. The van der Waals surface area contributed by atoms with E-state index in [1.54, 1.807) is 18.3 Å². The number of non-ortho nitro benzene ring substituents is 1. The minimum Gasteiger partial charge on any atom is -0.361 e. The molecule has 1 aromatic rings. The molecule has 0 radical (unpaired) electrons. The molecule has 0 aliphatic heterocycles. The summed E-state index contributed by atoms with van der Waals surface area (Å²) in [5.41, 5.74) is 1.41. The van der Waals surface area contributed by atoms with Crippen LogP contribution in [0.5, 0.6) is 0 Å². The van der Waals surface area contributed by atoms with E-state index in [0.29, 0.717) is 12.1 Å². The van der Waals surface area contributed by atoms with E-state index in [0.717, 1.165) is 18.4 Å². The fourth-order valence-corrected chi connectivity index (χ4v) is 1.77. The predicted octanol–water partition coefficient (Wildman–Crippen LogP) is 2.64. The van der Waals surface area contributed by atoms with Crippen LogP contribution in [0.4, 0.5) is 11.4 Å². The number of carbonyl (C=O) groups is 1. The molecule has 0 bridgehead atoms. The first-order valence-electron chi connectivity index (χ1n) is 5.40. The Morgan fingerprint density at radius 2 is 2.18 bits per heavy atom. The van der Waals surface area contributed by atoms with Gasteiger partial charge >= 0.3 is 0 Å². The van der Waals surface area contributed by atoms with Crippen molar-refractivity contribution in [1.82, 2.24) is 0 Å². The summed E-state index contributed by atoms with van der Waals surface area (Å²) in [6, 6.07) is 6.20. The summed E-state index contributed by atoms with van der Waals surface area (Å²) in [6.07, 6.45) is 3.92. The molecule has 1 saturated carbocycles. The van der Waals surface area contributed by atoms with Crippen molar-refractivity contribution < 1.29 is 9.72 Å². The molecule has 0 unspecified atom stereocenters. The second-order valence-electron chi connectivity index (χ2n) is 3.90. The summed E-state index contributed by atoms with van der Waals surface area (Å²) in [7, 11) is 0. The van der Waals surface area contributed by atoms with Crippen molar-refractivity contribution in [2.24, 2.45) is 0 Å². The van der Waals surface area contributed by atoms with Gasteiger partial charge in [0.05, 0.1) is 4.92 Å². The Balaban J connectivity index is 2.11. The second-order valence-corrected chi connectivity index (χ2v) is 3.90. The van der Waals surface area contributed by atoms with Crippen LogP contribution in [0.2, 0.25) is 0 Å². The van der Waals surface area contributed by atoms with Gasteiger partial charge in [0.2, 0.25) is 0 Å². The molecule has 0 amide bonds. The van der Waals surface area contributed by atoms with Crippen LogP contribution in [-0.4, -0.2) is 10.7 Å². The van der Waals surface area contributed by atoms with E-state index < -0.39 is 4.92 Å². The molecule has 2 rings (SSSR count). The van der Waals surface area contributed by atoms with Crippen LogP contribution in [0, 0.1) is 10.1 Å². The Labute approximate surface area is 98.3 Å². The first-order valence-corrected chi connectivity index (χ1v) is 5.40. The highest BCUT2D eigenvalue weighted by molar-refractivity contribution is 5.97. The lowest BCUT2D eigenvalue weighted by Gasteiger charge is -2.01. The Bertz CT molecular complexity index is 494. The van der Waals surface area contributed by atoms with Gasteiger partial charge in [-0.15, -0.1) is 0 Å². The van der Waals surface area contributed by atoms with Crippen LogP contribution in [0.15, 0.2) is 36.0 Å². The van der Waals surface area contributed by atoms with E-state index in [9.17, 15) is 14.9 Å². The smallest absolute Gasteiger partial charge is 0.271 e. The molecule has 0 aromatic heterocycles. The number of Topliss-reactive ketones (excluding diaryl/α,β-unsaturated/α-hetero) is 1. The highest BCUT2D eigenvalue weighted by Crippen LogP contribution is 2.21. The number of benzene rings is 1. The number of nitro benzene ring substituents is 1. The quantitative estimate of drug-likeness (QED) is 0.494. The number of anilines is 1. The summed E-state index contributed by atoms with van der Waals surface area (Å²) < 4.78 is 0. The van der Waals surface area contributed by atoms with E-state index >= 15 is 0 Å². The summed E-state index contributed by atoms with van der Waals surface area (Å²) in [5.74, 6) is 0.155. The number of hydrogen-bond donors (Lipinski definition) is 1. The number of hydrogen-bond acceptors (Lipinski definition) is 4. The molecule has 0 saturated heterocycles. The summed E-state index contributed by atoms with van der Waals surface area (Å²) in [6.45, 7) is 0. The van der Waals surface area contributed by atoms with Crippen LogP contribution >= 0.6 is 0 Å². The van der Waals surface area contributed by atoms with Crippen molar-refractivity contribution in [2.45, 2.75) is 19.3 Å². The van der Waals surface area contributed by atoms with Gasteiger partial charge in [0, 0.05) is 36.0 Å². The number of ketones is 1. The average molecular weight is 232 g/mol. The zero-order valence-corrected chi connectivity index (χ0v) is 9.18. The summed E-state index contributed by atoms with van der Waals surface area (Å²) >= 11 is 0. The monoisotopic (exact) mass is 232 g/mol. The summed E-state index contributed by atoms with van der Waals surface area (Å²) in [5, 5.41) is 13.5. The van der Waals surface area contributed by atoms with Gasteiger partial charge in [-0.25, -0.2) is 0 Å².